The number of aryl methyl sites for hydroxylation is 1. The Kier molecular flexibility index (Phi) is 4.37. The van der Waals surface area contributed by atoms with E-state index in [-0.39, 0.29) is 5.12 Å². The summed E-state index contributed by atoms with van der Waals surface area (Å²) >= 11 is 1.31. The van der Waals surface area contributed by atoms with E-state index in [4.69, 9.17) is 0 Å². The highest BCUT2D eigenvalue weighted by atomic mass is 32.2. The van der Waals surface area contributed by atoms with E-state index in [2.05, 4.69) is 6.07 Å². The second-order valence-corrected chi connectivity index (χ2v) is 5.65. The van der Waals surface area contributed by atoms with Crippen molar-refractivity contribution in [2.24, 2.45) is 0 Å². The van der Waals surface area contributed by atoms with Crippen LogP contribution in [-0.4, -0.2) is 16.7 Å². The first-order chi connectivity index (χ1) is 8.65. The summed E-state index contributed by atoms with van der Waals surface area (Å²) in [5.41, 5.74) is 3.60. The lowest BCUT2D eigenvalue weighted by molar-refractivity contribution is -0.118. The Hall–Kier alpha value is -1.35. The number of fused-ring (bicyclic) bond motifs is 1. The van der Waals surface area contributed by atoms with Gasteiger partial charge in [0.15, 0.2) is 5.12 Å². The van der Waals surface area contributed by atoms with Gasteiger partial charge in [0.2, 0.25) is 0 Å². The molecule has 0 amide bonds. The molecule has 0 saturated heterocycles. The Labute approximate surface area is 111 Å². The van der Waals surface area contributed by atoms with Gasteiger partial charge < -0.3 is 0 Å². The Morgan fingerprint density at radius 3 is 2.94 bits per heavy atom. The number of carbonyl (C=O) groups is 2. The van der Waals surface area contributed by atoms with Crippen molar-refractivity contribution in [1.82, 2.24) is 0 Å². The molecule has 0 heterocycles. The summed E-state index contributed by atoms with van der Waals surface area (Å²) < 4.78 is 0. The highest BCUT2D eigenvalue weighted by molar-refractivity contribution is 8.13. The molecule has 0 radical (unpaired) electrons. The molecule has 94 valence electrons. The molecule has 0 spiro atoms. The molecule has 0 atom stereocenters. The Bertz CT molecular complexity index is 503. The first-order valence-electron chi connectivity index (χ1n) is 6.08. The number of benzene rings is 1. The SMILES string of the molecule is CC(=O)SCC=Cc1ccc2c(c1)CCC(=O)C2. The van der Waals surface area contributed by atoms with E-state index in [0.29, 0.717) is 24.4 Å². The third-order valence-electron chi connectivity index (χ3n) is 2.98. The van der Waals surface area contributed by atoms with Crippen LogP contribution >= 0.6 is 11.8 Å². The van der Waals surface area contributed by atoms with Crippen LogP contribution in [0.15, 0.2) is 24.3 Å². The predicted octanol–water partition coefficient (Wildman–Crippen LogP) is 3.04. The van der Waals surface area contributed by atoms with E-state index in [1.165, 1.54) is 22.9 Å². The second-order valence-electron chi connectivity index (χ2n) is 4.45. The minimum atomic E-state index is 0.142. The third-order valence-corrected chi connectivity index (χ3v) is 3.75. The lowest BCUT2D eigenvalue weighted by atomic mass is 9.89. The average Bonchev–Trinajstić information content (AvgIpc) is 2.34. The second kappa shape index (κ2) is 6.01. The van der Waals surface area contributed by atoms with Crippen molar-refractivity contribution in [3.63, 3.8) is 0 Å². The van der Waals surface area contributed by atoms with Crippen molar-refractivity contribution in [3.05, 3.63) is 41.0 Å². The molecule has 0 bridgehead atoms. The summed E-state index contributed by atoms with van der Waals surface area (Å²) in [5.74, 6) is 1.05. The van der Waals surface area contributed by atoms with Crippen molar-refractivity contribution < 1.29 is 9.59 Å². The lowest BCUT2D eigenvalue weighted by Crippen LogP contribution is -2.13. The third kappa shape index (κ3) is 3.57. The number of Topliss-reactive ketones (excluding diaryl/α,β-unsaturated/α-hetero) is 1. The Morgan fingerprint density at radius 1 is 1.33 bits per heavy atom. The van der Waals surface area contributed by atoms with Gasteiger partial charge in [0.05, 0.1) is 0 Å². The number of rotatable bonds is 3. The fourth-order valence-electron chi connectivity index (χ4n) is 2.08. The van der Waals surface area contributed by atoms with E-state index in [9.17, 15) is 9.59 Å². The minimum Gasteiger partial charge on any atom is -0.299 e. The molecule has 0 fully saturated rings. The fourth-order valence-corrected chi connectivity index (χ4v) is 2.51. The van der Waals surface area contributed by atoms with Crippen LogP contribution < -0.4 is 0 Å². The normalized spacial score (nSPS) is 14.8. The Balaban J connectivity index is 2.03. The van der Waals surface area contributed by atoms with E-state index < -0.39 is 0 Å². The summed E-state index contributed by atoms with van der Waals surface area (Å²) in [6.07, 6.45) is 6.15. The largest absolute Gasteiger partial charge is 0.299 e. The summed E-state index contributed by atoms with van der Waals surface area (Å²) in [5, 5.41) is 0.142. The van der Waals surface area contributed by atoms with Crippen molar-refractivity contribution in [2.75, 3.05) is 5.75 Å². The standard InChI is InChI=1S/C15H16O2S/c1-11(16)18-8-2-3-12-4-5-14-10-15(17)7-6-13(14)9-12/h2-5,9H,6-8,10H2,1H3. The molecule has 2 nitrogen and oxygen atoms in total. The number of hydrogen-bond acceptors (Lipinski definition) is 3. The molecule has 0 unspecified atom stereocenters. The fraction of sp³-hybridized carbons (Fsp3) is 0.333. The van der Waals surface area contributed by atoms with Gasteiger partial charge >= 0.3 is 0 Å². The molecule has 3 heteroatoms. The maximum Gasteiger partial charge on any atom is 0.186 e. The van der Waals surface area contributed by atoms with Gasteiger partial charge in [0.25, 0.3) is 0 Å². The van der Waals surface area contributed by atoms with Gasteiger partial charge in [0.1, 0.15) is 5.78 Å². The van der Waals surface area contributed by atoms with Crippen LogP contribution in [0.25, 0.3) is 6.08 Å². The van der Waals surface area contributed by atoms with Gasteiger partial charge in [-0.2, -0.15) is 0 Å². The molecule has 0 saturated carbocycles. The maximum absolute atomic E-state index is 11.3. The summed E-state index contributed by atoms with van der Waals surface area (Å²) in [7, 11) is 0. The van der Waals surface area contributed by atoms with Crippen LogP contribution in [0.1, 0.15) is 30.0 Å². The van der Waals surface area contributed by atoms with Gasteiger partial charge in [-0.05, 0) is 23.1 Å². The quantitative estimate of drug-likeness (QED) is 0.837. The molecule has 0 aliphatic heterocycles. The summed E-state index contributed by atoms with van der Waals surface area (Å²) in [4.78, 5) is 22.1. The molecule has 1 aliphatic rings. The highest BCUT2D eigenvalue weighted by Crippen LogP contribution is 2.21. The van der Waals surface area contributed by atoms with E-state index in [1.807, 2.05) is 24.3 Å². The van der Waals surface area contributed by atoms with Crippen molar-refractivity contribution in [1.29, 1.82) is 0 Å². The predicted molar refractivity (Wildman–Crippen MR) is 75.6 cm³/mol. The van der Waals surface area contributed by atoms with Crippen molar-refractivity contribution in [2.45, 2.75) is 26.2 Å². The van der Waals surface area contributed by atoms with Crippen LogP contribution in [0.2, 0.25) is 0 Å². The molecular weight excluding hydrogens is 244 g/mol. The number of thioether (sulfide) groups is 1. The van der Waals surface area contributed by atoms with Gasteiger partial charge in [-0.1, -0.05) is 42.1 Å². The van der Waals surface area contributed by atoms with Crippen molar-refractivity contribution >= 4 is 28.7 Å². The highest BCUT2D eigenvalue weighted by Gasteiger charge is 2.14. The smallest absolute Gasteiger partial charge is 0.186 e. The molecule has 18 heavy (non-hydrogen) atoms. The van der Waals surface area contributed by atoms with E-state index in [0.717, 1.165) is 12.0 Å². The molecule has 1 aliphatic carbocycles. The van der Waals surface area contributed by atoms with Crippen LogP contribution in [0.4, 0.5) is 0 Å². The van der Waals surface area contributed by atoms with Gasteiger partial charge in [-0.15, -0.1) is 0 Å². The number of carbonyl (C=O) groups excluding carboxylic acids is 2. The summed E-state index contributed by atoms with van der Waals surface area (Å²) in [6.45, 7) is 1.58. The zero-order valence-electron chi connectivity index (χ0n) is 10.4. The molecule has 2 rings (SSSR count). The number of ketones is 1. The Morgan fingerprint density at radius 2 is 2.17 bits per heavy atom. The average molecular weight is 260 g/mol. The number of hydrogen-bond donors (Lipinski definition) is 0. The molecule has 0 aromatic heterocycles. The molecular formula is C15H16O2S. The first kappa shape index (κ1) is 13.1. The van der Waals surface area contributed by atoms with Crippen LogP contribution in [-0.2, 0) is 22.4 Å². The van der Waals surface area contributed by atoms with E-state index >= 15 is 0 Å². The zero-order chi connectivity index (χ0) is 13.0. The monoisotopic (exact) mass is 260 g/mol. The van der Waals surface area contributed by atoms with Crippen LogP contribution in [0.3, 0.4) is 0 Å². The lowest BCUT2D eigenvalue weighted by Gasteiger charge is -2.14. The van der Waals surface area contributed by atoms with Gasteiger partial charge in [0, 0.05) is 25.5 Å². The van der Waals surface area contributed by atoms with Crippen LogP contribution in [0, 0.1) is 0 Å². The maximum atomic E-state index is 11.3. The topological polar surface area (TPSA) is 34.1 Å². The van der Waals surface area contributed by atoms with Crippen molar-refractivity contribution in [3.8, 4) is 0 Å². The zero-order valence-corrected chi connectivity index (χ0v) is 11.3. The minimum absolute atomic E-state index is 0.142. The van der Waals surface area contributed by atoms with Gasteiger partial charge in [-0.3, -0.25) is 9.59 Å². The first-order valence-corrected chi connectivity index (χ1v) is 7.07. The molecule has 1 aromatic carbocycles. The van der Waals surface area contributed by atoms with E-state index in [1.54, 1.807) is 6.92 Å². The van der Waals surface area contributed by atoms with Gasteiger partial charge in [-0.25, -0.2) is 0 Å². The molecule has 0 N–H and O–H groups in total. The van der Waals surface area contributed by atoms with Crippen LogP contribution in [0.5, 0.6) is 0 Å². The molecule has 1 aromatic rings. The summed E-state index contributed by atoms with van der Waals surface area (Å²) in [6, 6.07) is 6.23.